The summed E-state index contributed by atoms with van der Waals surface area (Å²) in [6.45, 7) is 0.522. The Morgan fingerprint density at radius 2 is 1.74 bits per heavy atom. The zero-order valence-electron chi connectivity index (χ0n) is 19.1. The minimum atomic E-state index is -0.505. The van der Waals surface area contributed by atoms with Crippen molar-refractivity contribution in [1.29, 1.82) is 0 Å². The number of methoxy groups -OCH3 is 2. The fraction of sp³-hybridized carbons (Fsp3) is 0.179. The number of hydrogen-bond donors (Lipinski definition) is 1. The number of hydrogen-bond acceptors (Lipinski definition) is 5. The fourth-order valence-corrected chi connectivity index (χ4v) is 5.12. The quantitative estimate of drug-likeness (QED) is 0.281. The topological polar surface area (TPSA) is 56.5 Å². The molecule has 0 saturated heterocycles. The normalized spacial score (nSPS) is 12.2. The van der Waals surface area contributed by atoms with Crippen LogP contribution < -0.4 is 9.47 Å². The molecule has 172 valence electrons. The number of fused-ring (bicyclic) bond motifs is 2. The van der Waals surface area contributed by atoms with Crippen LogP contribution in [0.5, 0.6) is 11.5 Å². The Labute approximate surface area is 203 Å². The summed E-state index contributed by atoms with van der Waals surface area (Å²) in [5.74, 6) is 2.20. The summed E-state index contributed by atoms with van der Waals surface area (Å²) < 4.78 is 12.8. The van der Waals surface area contributed by atoms with Crippen LogP contribution >= 0.6 is 11.8 Å². The second-order valence-corrected chi connectivity index (χ2v) is 9.17. The van der Waals surface area contributed by atoms with Crippen molar-refractivity contribution in [2.75, 3.05) is 20.0 Å². The van der Waals surface area contributed by atoms with Crippen molar-refractivity contribution in [2.45, 2.75) is 17.5 Å². The van der Waals surface area contributed by atoms with Gasteiger partial charge in [-0.1, -0.05) is 30.3 Å². The highest BCUT2D eigenvalue weighted by atomic mass is 32.2. The van der Waals surface area contributed by atoms with Gasteiger partial charge >= 0.3 is 0 Å². The SMILES string of the molecule is COc1cccc(-c2cc(SCC(O)Cn3ccc4cc(OC)ccc43)c3ccccc3n2)c1. The van der Waals surface area contributed by atoms with E-state index < -0.39 is 6.10 Å². The first-order valence-corrected chi connectivity index (χ1v) is 12.1. The number of aliphatic hydroxyl groups is 1. The van der Waals surface area contributed by atoms with Crippen LogP contribution in [0.25, 0.3) is 33.1 Å². The Morgan fingerprint density at radius 3 is 2.59 bits per heavy atom. The molecule has 2 heterocycles. The molecule has 0 bridgehead atoms. The standard InChI is InChI=1S/C28H26N2O3S/c1-32-22-7-5-6-19(14-22)26-16-28(24-8-3-4-9-25(24)29-26)34-18-21(31)17-30-13-12-20-15-23(33-2)10-11-27(20)30/h3-16,21,31H,17-18H2,1-2H3. The predicted molar refractivity (Wildman–Crippen MR) is 139 cm³/mol. The molecule has 5 aromatic rings. The Morgan fingerprint density at radius 1 is 0.912 bits per heavy atom. The molecule has 0 aliphatic carbocycles. The summed E-state index contributed by atoms with van der Waals surface area (Å²) in [5.41, 5.74) is 3.91. The third kappa shape index (κ3) is 4.60. The number of ether oxygens (including phenoxy) is 2. The van der Waals surface area contributed by atoms with Crippen LogP contribution in [0, 0.1) is 0 Å². The minimum Gasteiger partial charge on any atom is -0.497 e. The summed E-state index contributed by atoms with van der Waals surface area (Å²) in [6, 6.07) is 26.2. The van der Waals surface area contributed by atoms with Crippen molar-refractivity contribution in [2.24, 2.45) is 0 Å². The first-order valence-electron chi connectivity index (χ1n) is 11.1. The first-order chi connectivity index (χ1) is 16.6. The Kier molecular flexibility index (Phi) is 6.43. The van der Waals surface area contributed by atoms with Gasteiger partial charge in [0.25, 0.3) is 0 Å². The molecule has 0 saturated carbocycles. The summed E-state index contributed by atoms with van der Waals surface area (Å²) in [7, 11) is 3.34. The van der Waals surface area contributed by atoms with Crippen molar-refractivity contribution in [3.63, 3.8) is 0 Å². The van der Waals surface area contributed by atoms with Crippen molar-refractivity contribution < 1.29 is 14.6 Å². The van der Waals surface area contributed by atoms with Gasteiger partial charge in [0, 0.05) is 45.2 Å². The summed E-state index contributed by atoms with van der Waals surface area (Å²) >= 11 is 1.66. The molecule has 2 aromatic heterocycles. The van der Waals surface area contributed by atoms with Crippen molar-refractivity contribution in [1.82, 2.24) is 9.55 Å². The van der Waals surface area contributed by atoms with E-state index in [1.165, 1.54) is 0 Å². The van der Waals surface area contributed by atoms with E-state index in [1.54, 1.807) is 26.0 Å². The second-order valence-electron chi connectivity index (χ2n) is 8.11. The van der Waals surface area contributed by atoms with E-state index in [4.69, 9.17) is 14.5 Å². The van der Waals surface area contributed by atoms with Gasteiger partial charge in [0.2, 0.25) is 0 Å². The highest BCUT2D eigenvalue weighted by Gasteiger charge is 2.13. The molecule has 6 heteroatoms. The van der Waals surface area contributed by atoms with E-state index in [1.807, 2.05) is 66.9 Å². The maximum absolute atomic E-state index is 10.9. The van der Waals surface area contributed by atoms with E-state index in [9.17, 15) is 5.11 Å². The van der Waals surface area contributed by atoms with E-state index in [0.29, 0.717) is 12.3 Å². The van der Waals surface area contributed by atoms with Gasteiger partial charge < -0.3 is 19.1 Å². The zero-order valence-corrected chi connectivity index (χ0v) is 20.0. The molecule has 0 radical (unpaired) electrons. The third-order valence-electron chi connectivity index (χ3n) is 5.86. The van der Waals surface area contributed by atoms with Gasteiger partial charge in [-0.15, -0.1) is 11.8 Å². The third-order valence-corrected chi connectivity index (χ3v) is 7.06. The number of benzene rings is 3. The van der Waals surface area contributed by atoms with Crippen LogP contribution in [0.1, 0.15) is 0 Å². The smallest absolute Gasteiger partial charge is 0.119 e. The van der Waals surface area contributed by atoms with E-state index in [-0.39, 0.29) is 0 Å². The molecule has 0 fully saturated rings. The lowest BCUT2D eigenvalue weighted by Crippen LogP contribution is -2.17. The van der Waals surface area contributed by atoms with Crippen LogP contribution in [-0.4, -0.2) is 40.7 Å². The molecule has 0 spiro atoms. The number of aliphatic hydroxyl groups excluding tert-OH is 1. The number of aromatic nitrogens is 2. The van der Waals surface area contributed by atoms with Gasteiger partial charge in [-0.25, -0.2) is 4.98 Å². The van der Waals surface area contributed by atoms with Gasteiger partial charge in [-0.2, -0.15) is 0 Å². The number of thioether (sulfide) groups is 1. The molecular formula is C28H26N2O3S. The molecule has 0 amide bonds. The summed E-state index contributed by atoms with van der Waals surface area (Å²) in [5, 5.41) is 13.1. The van der Waals surface area contributed by atoms with Gasteiger partial charge in [0.15, 0.2) is 0 Å². The number of para-hydroxylation sites is 1. The number of rotatable bonds is 8. The Balaban J connectivity index is 1.38. The average molecular weight is 471 g/mol. The fourth-order valence-electron chi connectivity index (χ4n) is 4.12. The van der Waals surface area contributed by atoms with E-state index in [0.717, 1.165) is 49.5 Å². The summed E-state index contributed by atoms with van der Waals surface area (Å²) in [6.07, 6.45) is 1.51. The highest BCUT2D eigenvalue weighted by molar-refractivity contribution is 7.99. The maximum atomic E-state index is 10.9. The first kappa shape index (κ1) is 22.3. The van der Waals surface area contributed by atoms with Crippen molar-refractivity contribution in [3.05, 3.63) is 85.1 Å². The lowest BCUT2D eigenvalue weighted by molar-refractivity contribution is 0.180. The van der Waals surface area contributed by atoms with E-state index >= 15 is 0 Å². The molecule has 5 nitrogen and oxygen atoms in total. The van der Waals surface area contributed by atoms with Gasteiger partial charge in [-0.05, 0) is 48.5 Å². The van der Waals surface area contributed by atoms with Crippen molar-refractivity contribution >= 4 is 33.6 Å². The minimum absolute atomic E-state index is 0.505. The second kappa shape index (κ2) is 9.79. The monoisotopic (exact) mass is 470 g/mol. The van der Waals surface area contributed by atoms with Crippen LogP contribution in [0.15, 0.2) is 90.0 Å². The molecule has 0 aliphatic rings. The molecule has 1 atom stereocenters. The molecule has 3 aromatic carbocycles. The average Bonchev–Trinajstić information content (AvgIpc) is 3.28. The zero-order chi connectivity index (χ0) is 23.5. The van der Waals surface area contributed by atoms with Crippen LogP contribution in [0.2, 0.25) is 0 Å². The lowest BCUT2D eigenvalue weighted by atomic mass is 10.1. The van der Waals surface area contributed by atoms with E-state index in [2.05, 4.69) is 22.8 Å². The number of pyridine rings is 1. The van der Waals surface area contributed by atoms with Gasteiger partial charge in [-0.3, -0.25) is 0 Å². The molecular weight excluding hydrogens is 444 g/mol. The van der Waals surface area contributed by atoms with Gasteiger partial charge in [0.05, 0.1) is 31.5 Å². The maximum Gasteiger partial charge on any atom is 0.119 e. The molecule has 34 heavy (non-hydrogen) atoms. The van der Waals surface area contributed by atoms with Crippen LogP contribution in [-0.2, 0) is 6.54 Å². The molecule has 1 unspecified atom stereocenters. The Bertz CT molecular complexity index is 1450. The van der Waals surface area contributed by atoms with Crippen molar-refractivity contribution in [3.8, 4) is 22.8 Å². The highest BCUT2D eigenvalue weighted by Crippen LogP contribution is 2.33. The molecule has 0 aliphatic heterocycles. The van der Waals surface area contributed by atoms with Crippen LogP contribution in [0.3, 0.4) is 0 Å². The molecule has 1 N–H and O–H groups in total. The largest absolute Gasteiger partial charge is 0.497 e. The number of nitrogens with zero attached hydrogens (tertiary/aromatic N) is 2. The molecule has 5 rings (SSSR count). The van der Waals surface area contributed by atoms with Crippen LogP contribution in [0.4, 0.5) is 0 Å². The predicted octanol–water partition coefficient (Wildman–Crippen LogP) is 6.03. The summed E-state index contributed by atoms with van der Waals surface area (Å²) in [4.78, 5) is 5.97. The Hall–Kier alpha value is -3.48. The van der Waals surface area contributed by atoms with Gasteiger partial charge in [0.1, 0.15) is 11.5 Å². The lowest BCUT2D eigenvalue weighted by Gasteiger charge is -2.15.